The van der Waals surface area contributed by atoms with Crippen LogP contribution in [-0.2, 0) is 9.53 Å². The fourth-order valence-electron chi connectivity index (χ4n) is 3.46. The predicted molar refractivity (Wildman–Crippen MR) is 133 cm³/mol. The molecule has 0 radical (unpaired) electrons. The van der Waals surface area contributed by atoms with Crippen molar-refractivity contribution in [1.29, 1.82) is 0 Å². The summed E-state index contributed by atoms with van der Waals surface area (Å²) in [6.07, 6.45) is 0.917. The van der Waals surface area contributed by atoms with Gasteiger partial charge in [-0.15, -0.1) is 11.8 Å². The fraction of sp³-hybridized carbons (Fsp3) is 0.391. The second-order valence-corrected chi connectivity index (χ2v) is 10.5. The molecule has 8 heteroatoms. The minimum absolute atomic E-state index is 0.102. The zero-order chi connectivity index (χ0) is 21.6. The van der Waals surface area contributed by atoms with E-state index in [4.69, 9.17) is 9.72 Å². The molecule has 31 heavy (non-hydrogen) atoms. The Balaban J connectivity index is 1.46. The number of aryl methyl sites for hydroxylation is 1. The molecular weight excluding hydrogens is 494 g/mol. The Morgan fingerprint density at radius 3 is 2.77 bits per heavy atom. The van der Waals surface area contributed by atoms with E-state index in [1.807, 2.05) is 17.0 Å². The van der Waals surface area contributed by atoms with Crippen molar-refractivity contribution in [2.24, 2.45) is 0 Å². The number of ether oxygens (including phenoxy) is 1. The number of carbonyl (C=O) groups excluding carboxylic acids is 1. The van der Waals surface area contributed by atoms with Crippen LogP contribution in [0.25, 0.3) is 10.2 Å². The summed E-state index contributed by atoms with van der Waals surface area (Å²) in [5.41, 5.74) is 2.15. The molecular formula is C23H26BrN3O2S2. The van der Waals surface area contributed by atoms with Crippen LogP contribution in [0, 0.1) is 6.92 Å². The number of carbonyl (C=O) groups is 1. The van der Waals surface area contributed by atoms with Crippen molar-refractivity contribution in [3.8, 4) is 0 Å². The van der Waals surface area contributed by atoms with Gasteiger partial charge >= 0.3 is 0 Å². The average Bonchev–Trinajstić information content (AvgIpc) is 3.19. The number of halogens is 1. The normalized spacial score (nSPS) is 14.8. The molecule has 1 aliphatic rings. The van der Waals surface area contributed by atoms with Crippen LogP contribution in [0.15, 0.2) is 51.8 Å². The molecule has 4 rings (SSSR count). The number of nitrogens with zero attached hydrogens (tertiary/aromatic N) is 3. The second-order valence-electron chi connectivity index (χ2n) is 7.56. The molecule has 2 heterocycles. The molecule has 0 atom stereocenters. The summed E-state index contributed by atoms with van der Waals surface area (Å²) < 4.78 is 7.55. The van der Waals surface area contributed by atoms with E-state index in [1.165, 1.54) is 5.56 Å². The molecule has 1 aromatic heterocycles. The molecule has 1 amide bonds. The number of aromatic nitrogens is 1. The van der Waals surface area contributed by atoms with Gasteiger partial charge in [0.15, 0.2) is 5.13 Å². The van der Waals surface area contributed by atoms with Gasteiger partial charge in [-0.2, -0.15) is 0 Å². The maximum atomic E-state index is 13.2. The fourth-order valence-corrected chi connectivity index (χ4v) is 5.80. The van der Waals surface area contributed by atoms with Crippen molar-refractivity contribution >= 4 is 60.3 Å². The standard InChI is InChI=1S/C23H26BrN3O2S2/c1-17-3-6-19(7-4-17)30-16-22(28)27(10-2-9-26-11-13-29-14-12-26)23-25-20-8-5-18(24)15-21(20)31-23/h3-8,15H,2,9-14,16H2,1H3. The van der Waals surface area contributed by atoms with E-state index < -0.39 is 0 Å². The first kappa shape index (κ1) is 22.7. The highest BCUT2D eigenvalue weighted by Gasteiger charge is 2.21. The van der Waals surface area contributed by atoms with Gasteiger partial charge in [-0.05, 0) is 43.7 Å². The number of morpholine rings is 1. The Labute approximate surface area is 199 Å². The summed E-state index contributed by atoms with van der Waals surface area (Å²) in [4.78, 5) is 23.4. The third-order valence-electron chi connectivity index (χ3n) is 5.21. The van der Waals surface area contributed by atoms with Crippen LogP contribution in [-0.4, -0.2) is 60.9 Å². The summed E-state index contributed by atoms with van der Waals surface area (Å²) in [5, 5.41) is 0.782. The van der Waals surface area contributed by atoms with Crippen molar-refractivity contribution < 1.29 is 9.53 Å². The van der Waals surface area contributed by atoms with E-state index in [-0.39, 0.29) is 5.91 Å². The molecule has 0 saturated carbocycles. The molecule has 0 aliphatic carbocycles. The van der Waals surface area contributed by atoms with Gasteiger partial charge in [-0.3, -0.25) is 14.6 Å². The van der Waals surface area contributed by atoms with Crippen LogP contribution in [0.3, 0.4) is 0 Å². The first-order valence-electron chi connectivity index (χ1n) is 10.4. The number of hydrogen-bond donors (Lipinski definition) is 0. The smallest absolute Gasteiger partial charge is 0.239 e. The molecule has 1 saturated heterocycles. The monoisotopic (exact) mass is 519 g/mol. The lowest BCUT2D eigenvalue weighted by Crippen LogP contribution is -2.39. The number of amides is 1. The molecule has 0 spiro atoms. The Hall–Kier alpha value is -1.45. The number of anilines is 1. The number of fused-ring (bicyclic) bond motifs is 1. The maximum Gasteiger partial charge on any atom is 0.239 e. The Kier molecular flexibility index (Phi) is 8.01. The van der Waals surface area contributed by atoms with Gasteiger partial charge in [0.25, 0.3) is 0 Å². The van der Waals surface area contributed by atoms with Gasteiger partial charge in [-0.1, -0.05) is 45.0 Å². The number of benzene rings is 2. The molecule has 0 N–H and O–H groups in total. The first-order chi connectivity index (χ1) is 15.1. The first-order valence-corrected chi connectivity index (χ1v) is 13.0. The van der Waals surface area contributed by atoms with E-state index in [0.717, 1.165) is 64.0 Å². The van der Waals surface area contributed by atoms with Gasteiger partial charge in [0.05, 0.1) is 29.2 Å². The summed E-state index contributed by atoms with van der Waals surface area (Å²) in [6.45, 7) is 7.23. The van der Waals surface area contributed by atoms with Gasteiger partial charge in [0.2, 0.25) is 5.91 Å². The maximum absolute atomic E-state index is 13.2. The zero-order valence-corrected chi connectivity index (χ0v) is 20.8. The molecule has 1 aliphatic heterocycles. The van der Waals surface area contributed by atoms with Crippen molar-refractivity contribution in [1.82, 2.24) is 9.88 Å². The quantitative estimate of drug-likeness (QED) is 0.382. The van der Waals surface area contributed by atoms with Crippen LogP contribution in [0.2, 0.25) is 0 Å². The van der Waals surface area contributed by atoms with Crippen molar-refractivity contribution in [2.45, 2.75) is 18.2 Å². The van der Waals surface area contributed by atoms with Crippen LogP contribution in [0.4, 0.5) is 5.13 Å². The summed E-state index contributed by atoms with van der Waals surface area (Å²) >= 11 is 6.69. The van der Waals surface area contributed by atoms with E-state index in [1.54, 1.807) is 23.1 Å². The molecule has 1 fully saturated rings. The highest BCUT2D eigenvalue weighted by Crippen LogP contribution is 2.32. The minimum atomic E-state index is 0.102. The Bertz CT molecular complexity index is 1020. The van der Waals surface area contributed by atoms with Crippen LogP contribution >= 0.6 is 39.0 Å². The van der Waals surface area contributed by atoms with Gasteiger partial charge < -0.3 is 4.74 Å². The SMILES string of the molecule is Cc1ccc(SCC(=O)N(CCCN2CCOCC2)c2nc3ccc(Br)cc3s2)cc1. The molecule has 0 bridgehead atoms. The summed E-state index contributed by atoms with van der Waals surface area (Å²) in [7, 11) is 0. The highest BCUT2D eigenvalue weighted by molar-refractivity contribution is 9.10. The van der Waals surface area contributed by atoms with Crippen molar-refractivity contribution in [2.75, 3.05) is 50.0 Å². The molecule has 5 nitrogen and oxygen atoms in total. The highest BCUT2D eigenvalue weighted by atomic mass is 79.9. The summed E-state index contributed by atoms with van der Waals surface area (Å²) in [5.74, 6) is 0.505. The van der Waals surface area contributed by atoms with Gasteiger partial charge in [0, 0.05) is 35.5 Å². The van der Waals surface area contributed by atoms with Crippen LogP contribution < -0.4 is 4.90 Å². The number of rotatable bonds is 8. The average molecular weight is 521 g/mol. The number of thioether (sulfide) groups is 1. The second kappa shape index (κ2) is 10.9. The zero-order valence-electron chi connectivity index (χ0n) is 17.6. The molecule has 3 aromatic rings. The Morgan fingerprint density at radius 1 is 1.23 bits per heavy atom. The summed E-state index contributed by atoms with van der Waals surface area (Å²) in [6, 6.07) is 14.4. The predicted octanol–water partition coefficient (Wildman–Crippen LogP) is 5.21. The minimum Gasteiger partial charge on any atom is -0.379 e. The van der Waals surface area contributed by atoms with E-state index in [0.29, 0.717) is 12.3 Å². The van der Waals surface area contributed by atoms with Crippen molar-refractivity contribution in [3.05, 3.63) is 52.5 Å². The largest absolute Gasteiger partial charge is 0.379 e. The lowest BCUT2D eigenvalue weighted by Gasteiger charge is -2.27. The lowest BCUT2D eigenvalue weighted by molar-refractivity contribution is -0.116. The molecule has 164 valence electrons. The van der Waals surface area contributed by atoms with Gasteiger partial charge in [0.1, 0.15) is 0 Å². The molecule has 2 aromatic carbocycles. The lowest BCUT2D eigenvalue weighted by atomic mass is 10.2. The number of thiazole rings is 1. The van der Waals surface area contributed by atoms with E-state index in [2.05, 4.69) is 58.1 Å². The van der Waals surface area contributed by atoms with Crippen LogP contribution in [0.1, 0.15) is 12.0 Å². The topological polar surface area (TPSA) is 45.7 Å². The third kappa shape index (κ3) is 6.29. The van der Waals surface area contributed by atoms with E-state index >= 15 is 0 Å². The van der Waals surface area contributed by atoms with Gasteiger partial charge in [-0.25, -0.2) is 4.98 Å². The van der Waals surface area contributed by atoms with Crippen molar-refractivity contribution in [3.63, 3.8) is 0 Å². The molecule has 0 unspecified atom stereocenters. The van der Waals surface area contributed by atoms with Crippen LogP contribution in [0.5, 0.6) is 0 Å². The van der Waals surface area contributed by atoms with E-state index in [9.17, 15) is 4.79 Å². The third-order valence-corrected chi connectivity index (χ3v) is 7.75. The Morgan fingerprint density at radius 2 is 2.00 bits per heavy atom. The number of hydrogen-bond acceptors (Lipinski definition) is 6.